The van der Waals surface area contributed by atoms with Crippen molar-refractivity contribution in [1.82, 2.24) is 45.0 Å². The summed E-state index contributed by atoms with van der Waals surface area (Å²) >= 11 is 0. The Hall–Kier alpha value is -4.64. The second kappa shape index (κ2) is 8.73. The van der Waals surface area contributed by atoms with Crippen LogP contribution in [0, 0.1) is 0 Å². The summed E-state index contributed by atoms with van der Waals surface area (Å²) in [7, 11) is 0. The molecular weight excluding hydrogens is 488 g/mol. The third-order valence-corrected chi connectivity index (χ3v) is 6.74. The summed E-state index contributed by atoms with van der Waals surface area (Å²) in [6.45, 7) is 0.560. The van der Waals surface area contributed by atoms with Crippen LogP contribution in [0.2, 0.25) is 0 Å². The fourth-order valence-electron chi connectivity index (χ4n) is 4.92. The molecule has 7 heterocycles. The van der Waals surface area contributed by atoms with Crippen LogP contribution in [0.5, 0.6) is 0 Å². The van der Waals surface area contributed by atoms with Crippen LogP contribution >= 0.6 is 0 Å². The number of imidazole rings is 1. The summed E-state index contributed by atoms with van der Waals surface area (Å²) in [4.78, 5) is 27.7. The highest BCUT2D eigenvalue weighted by atomic mass is 19.3. The molecule has 0 bridgehead atoms. The molecule has 0 saturated carbocycles. The van der Waals surface area contributed by atoms with Crippen LogP contribution in [0.1, 0.15) is 12.0 Å². The number of pyridine rings is 4. The molecule has 6 aromatic heterocycles. The first kappa shape index (κ1) is 22.5. The Kier molecular flexibility index (Phi) is 5.18. The smallest absolute Gasteiger partial charge is 0.261 e. The Balaban J connectivity index is 1.24. The molecule has 0 atom stereocenters. The number of H-pyrrole nitrogens is 2. The van der Waals surface area contributed by atoms with Crippen LogP contribution in [-0.4, -0.2) is 64.0 Å². The predicted molar refractivity (Wildman–Crippen MR) is 138 cm³/mol. The molecule has 0 aliphatic carbocycles. The van der Waals surface area contributed by atoms with E-state index in [0.717, 1.165) is 33.3 Å². The monoisotopic (exact) mass is 509 g/mol. The Morgan fingerprint density at radius 1 is 0.974 bits per heavy atom. The largest absolute Gasteiger partial charge is 0.335 e. The van der Waals surface area contributed by atoms with E-state index in [1.54, 1.807) is 35.9 Å². The number of hydrogen-bond acceptors (Lipinski definition) is 7. The molecule has 1 saturated heterocycles. The zero-order valence-electron chi connectivity index (χ0n) is 20.1. The summed E-state index contributed by atoms with van der Waals surface area (Å²) in [5.74, 6) is -2.08. The molecule has 6 aromatic rings. The molecule has 0 unspecified atom stereocenters. The zero-order chi connectivity index (χ0) is 25.7. The maximum absolute atomic E-state index is 13.6. The van der Waals surface area contributed by atoms with Gasteiger partial charge in [0, 0.05) is 67.2 Å². The first-order chi connectivity index (χ1) is 18.5. The molecule has 1 fully saturated rings. The van der Waals surface area contributed by atoms with E-state index in [9.17, 15) is 8.78 Å². The second-order valence-corrected chi connectivity index (χ2v) is 9.45. The van der Waals surface area contributed by atoms with Gasteiger partial charge in [-0.1, -0.05) is 6.07 Å². The first-order valence-corrected chi connectivity index (χ1v) is 12.2. The molecule has 0 amide bonds. The topological polar surface area (TPSA) is 112 Å². The molecule has 11 heteroatoms. The van der Waals surface area contributed by atoms with E-state index in [2.05, 4.69) is 35.1 Å². The zero-order valence-corrected chi connectivity index (χ0v) is 20.1. The van der Waals surface area contributed by atoms with Gasteiger partial charge in [-0.05, 0) is 35.9 Å². The standard InChI is InChI=1S/C27H21F2N9/c28-27(29)6-9-38(15-27)14-16-10-18(13-31-11-16)20-3-4-21-23(33-20)24(37-36-21)26-34-22-19(5-8-32-25(22)35-26)17-2-1-7-30-12-17/h1-5,7-8,10-13H,6,9,14-15H2,(H,36,37)(H,32,34,35). The maximum Gasteiger partial charge on any atom is 0.261 e. The minimum atomic E-state index is -2.62. The Labute approximate surface area is 215 Å². The number of rotatable bonds is 5. The van der Waals surface area contributed by atoms with E-state index >= 15 is 0 Å². The van der Waals surface area contributed by atoms with Crippen molar-refractivity contribution >= 4 is 22.2 Å². The number of aromatic nitrogens is 8. The molecule has 1 aliphatic rings. The summed E-state index contributed by atoms with van der Waals surface area (Å²) in [6, 6.07) is 11.5. The number of hydrogen-bond donors (Lipinski definition) is 2. The average molecular weight is 510 g/mol. The fraction of sp³-hybridized carbons (Fsp3) is 0.185. The number of aromatic amines is 2. The van der Waals surface area contributed by atoms with Gasteiger partial charge in [0.1, 0.15) is 5.52 Å². The van der Waals surface area contributed by atoms with E-state index in [1.807, 2.05) is 36.4 Å². The first-order valence-electron chi connectivity index (χ1n) is 12.2. The van der Waals surface area contributed by atoms with Gasteiger partial charge in [-0.2, -0.15) is 5.10 Å². The number of fused-ring (bicyclic) bond motifs is 2. The molecule has 0 aromatic carbocycles. The van der Waals surface area contributed by atoms with E-state index in [1.165, 1.54) is 0 Å². The van der Waals surface area contributed by atoms with Crippen LogP contribution < -0.4 is 0 Å². The van der Waals surface area contributed by atoms with Gasteiger partial charge in [-0.15, -0.1) is 0 Å². The van der Waals surface area contributed by atoms with Gasteiger partial charge in [0.25, 0.3) is 5.92 Å². The van der Waals surface area contributed by atoms with E-state index < -0.39 is 5.92 Å². The summed E-state index contributed by atoms with van der Waals surface area (Å²) < 4.78 is 27.2. The molecule has 9 nitrogen and oxygen atoms in total. The SMILES string of the molecule is FC1(F)CCN(Cc2cncc(-c3ccc4[nH]nc(-c5nc6nccc(-c7cccnc7)c6[nH]5)c4n3)c2)C1. The second-order valence-electron chi connectivity index (χ2n) is 9.45. The lowest BCUT2D eigenvalue weighted by molar-refractivity contribution is 0.0115. The highest BCUT2D eigenvalue weighted by molar-refractivity contribution is 5.94. The van der Waals surface area contributed by atoms with Gasteiger partial charge in [0.2, 0.25) is 0 Å². The number of likely N-dealkylation sites (tertiary alicyclic amines) is 1. The van der Waals surface area contributed by atoms with Crippen molar-refractivity contribution in [3.8, 4) is 33.9 Å². The predicted octanol–water partition coefficient (Wildman–Crippen LogP) is 4.86. The van der Waals surface area contributed by atoms with Crippen molar-refractivity contribution in [3.05, 3.63) is 72.9 Å². The highest BCUT2D eigenvalue weighted by Gasteiger charge is 2.37. The third kappa shape index (κ3) is 4.06. The maximum atomic E-state index is 13.6. The third-order valence-electron chi connectivity index (χ3n) is 6.74. The number of nitrogens with one attached hydrogen (secondary N) is 2. The van der Waals surface area contributed by atoms with Crippen molar-refractivity contribution < 1.29 is 8.78 Å². The Morgan fingerprint density at radius 3 is 2.74 bits per heavy atom. The van der Waals surface area contributed by atoms with Crippen LogP contribution in [0.4, 0.5) is 8.78 Å². The molecule has 188 valence electrons. The molecule has 7 rings (SSSR count). The van der Waals surface area contributed by atoms with Gasteiger partial charge in [0.15, 0.2) is 17.2 Å². The number of nitrogens with zero attached hydrogens (tertiary/aromatic N) is 7. The van der Waals surface area contributed by atoms with Crippen molar-refractivity contribution in [2.45, 2.75) is 18.9 Å². The summed E-state index contributed by atoms with van der Waals surface area (Å²) in [5.41, 5.74) is 7.58. The van der Waals surface area contributed by atoms with Crippen LogP contribution in [0.25, 0.3) is 56.1 Å². The van der Waals surface area contributed by atoms with Crippen LogP contribution in [0.15, 0.2) is 67.4 Å². The van der Waals surface area contributed by atoms with Crippen LogP contribution in [-0.2, 0) is 6.54 Å². The lowest BCUT2D eigenvalue weighted by Gasteiger charge is -2.15. The minimum absolute atomic E-state index is 0.108. The van der Waals surface area contributed by atoms with Crippen LogP contribution in [0.3, 0.4) is 0 Å². The molecule has 2 N–H and O–H groups in total. The fourth-order valence-corrected chi connectivity index (χ4v) is 4.92. The quantitative estimate of drug-likeness (QED) is 0.341. The van der Waals surface area contributed by atoms with E-state index in [4.69, 9.17) is 4.98 Å². The minimum Gasteiger partial charge on any atom is -0.335 e. The molecule has 38 heavy (non-hydrogen) atoms. The highest BCUT2D eigenvalue weighted by Crippen LogP contribution is 2.31. The Bertz CT molecular complexity index is 1780. The van der Waals surface area contributed by atoms with Gasteiger partial charge in [0.05, 0.1) is 23.3 Å². The van der Waals surface area contributed by atoms with E-state index in [-0.39, 0.29) is 13.0 Å². The van der Waals surface area contributed by atoms with Crippen molar-refractivity contribution in [3.63, 3.8) is 0 Å². The van der Waals surface area contributed by atoms with Crippen molar-refractivity contribution in [2.75, 3.05) is 13.1 Å². The van der Waals surface area contributed by atoms with Gasteiger partial charge in [-0.25, -0.2) is 23.7 Å². The van der Waals surface area contributed by atoms with Gasteiger partial charge >= 0.3 is 0 Å². The van der Waals surface area contributed by atoms with Crippen molar-refractivity contribution in [1.29, 1.82) is 0 Å². The normalized spacial score (nSPS) is 15.5. The lowest BCUT2D eigenvalue weighted by Crippen LogP contribution is -2.24. The van der Waals surface area contributed by atoms with Gasteiger partial charge < -0.3 is 4.98 Å². The summed E-state index contributed by atoms with van der Waals surface area (Å²) in [6.07, 6.45) is 8.57. The summed E-state index contributed by atoms with van der Waals surface area (Å²) in [5, 5.41) is 7.51. The average Bonchev–Trinajstić information content (AvgIpc) is 3.64. The number of halogens is 2. The lowest BCUT2D eigenvalue weighted by atomic mass is 10.1. The van der Waals surface area contributed by atoms with Gasteiger partial charge in [-0.3, -0.25) is 20.0 Å². The Morgan fingerprint density at radius 2 is 1.89 bits per heavy atom. The molecule has 1 aliphatic heterocycles. The molecule has 0 spiro atoms. The number of alkyl halides is 2. The molecular formula is C27H21F2N9. The molecule has 0 radical (unpaired) electrons. The van der Waals surface area contributed by atoms with E-state index in [0.29, 0.717) is 41.5 Å². The van der Waals surface area contributed by atoms with Crippen molar-refractivity contribution in [2.24, 2.45) is 0 Å².